The molecule has 1 aromatic heterocycles. The Kier molecular flexibility index (Phi) is 5.65. The maximum absolute atomic E-state index is 12.3. The van der Waals surface area contributed by atoms with Gasteiger partial charge < -0.3 is 10.2 Å². The van der Waals surface area contributed by atoms with Crippen LogP contribution in [0.2, 0.25) is 0 Å². The first kappa shape index (κ1) is 16.6. The molecule has 7 heteroatoms. The first-order chi connectivity index (χ1) is 10.5. The minimum Gasteiger partial charge on any atom is -0.342 e. The number of aromatic nitrogens is 1. The number of hydrogen-bond acceptors (Lipinski definition) is 5. The third kappa shape index (κ3) is 4.13. The number of Topliss-reactive ketones (excluding diaryl/α,β-unsaturated/α-hetero) is 1. The molecule has 120 valence electrons. The van der Waals surface area contributed by atoms with E-state index in [1.54, 1.807) is 4.90 Å². The Morgan fingerprint density at radius 3 is 2.86 bits per heavy atom. The fraction of sp³-hybridized carbons (Fsp3) is 0.600. The molecule has 1 N–H and O–H groups in total. The number of anilines is 1. The predicted molar refractivity (Wildman–Crippen MR) is 85.0 cm³/mol. The number of nitrogens with one attached hydrogen (secondary N) is 1. The quantitative estimate of drug-likeness (QED) is 0.843. The number of hydrogen-bond donors (Lipinski definition) is 1. The number of piperidine rings is 1. The molecule has 1 aliphatic rings. The van der Waals surface area contributed by atoms with Crippen molar-refractivity contribution in [2.45, 2.75) is 39.5 Å². The summed E-state index contributed by atoms with van der Waals surface area (Å²) < 4.78 is 0. The molecule has 2 amide bonds. The zero-order valence-electron chi connectivity index (χ0n) is 12.9. The Labute approximate surface area is 133 Å². The van der Waals surface area contributed by atoms with E-state index in [2.05, 4.69) is 10.3 Å². The van der Waals surface area contributed by atoms with Crippen LogP contribution in [0.1, 0.15) is 49.2 Å². The van der Waals surface area contributed by atoms with E-state index in [9.17, 15) is 14.4 Å². The van der Waals surface area contributed by atoms with E-state index in [1.165, 1.54) is 24.5 Å². The van der Waals surface area contributed by atoms with E-state index in [0.717, 1.165) is 25.8 Å². The third-order valence-electron chi connectivity index (χ3n) is 3.69. The standard InChI is InChI=1S/C15H21N3O3S/c1-3-5-13(20)18-7-4-6-11(9-18)14(21)17-15-16-8-12(22-15)10(2)19/h8,11H,3-7,9H2,1-2H3,(H,16,17,21)/t11-/m0/s1. The Bertz CT molecular complexity index is 570. The van der Waals surface area contributed by atoms with Gasteiger partial charge in [-0.2, -0.15) is 0 Å². The number of thiazole rings is 1. The highest BCUT2D eigenvalue weighted by Gasteiger charge is 2.28. The lowest BCUT2D eigenvalue weighted by Gasteiger charge is -2.31. The van der Waals surface area contributed by atoms with Gasteiger partial charge in [-0.25, -0.2) is 4.98 Å². The number of nitrogens with zero attached hydrogens (tertiary/aromatic N) is 2. The second-order valence-electron chi connectivity index (χ2n) is 5.50. The van der Waals surface area contributed by atoms with Crippen LogP contribution in [0.5, 0.6) is 0 Å². The molecule has 0 aromatic carbocycles. The van der Waals surface area contributed by atoms with Crippen molar-refractivity contribution < 1.29 is 14.4 Å². The molecule has 1 atom stereocenters. The molecule has 1 aliphatic heterocycles. The van der Waals surface area contributed by atoms with Crippen molar-refractivity contribution in [2.24, 2.45) is 5.92 Å². The summed E-state index contributed by atoms with van der Waals surface area (Å²) in [5, 5.41) is 3.19. The van der Waals surface area contributed by atoms with Crippen LogP contribution in [-0.2, 0) is 9.59 Å². The zero-order chi connectivity index (χ0) is 16.1. The summed E-state index contributed by atoms with van der Waals surface area (Å²) in [6.07, 6.45) is 4.43. The number of rotatable bonds is 5. The Hall–Kier alpha value is -1.76. The molecule has 2 rings (SSSR count). The number of carbonyl (C=O) groups is 3. The molecule has 0 aliphatic carbocycles. The average Bonchev–Trinajstić information content (AvgIpc) is 2.96. The van der Waals surface area contributed by atoms with Crippen LogP contribution < -0.4 is 5.32 Å². The van der Waals surface area contributed by atoms with Gasteiger partial charge in [-0.05, 0) is 19.3 Å². The minimum atomic E-state index is -0.209. The fourth-order valence-electron chi connectivity index (χ4n) is 2.49. The van der Waals surface area contributed by atoms with Gasteiger partial charge in [-0.1, -0.05) is 18.3 Å². The van der Waals surface area contributed by atoms with Crippen LogP contribution in [0.3, 0.4) is 0 Å². The zero-order valence-corrected chi connectivity index (χ0v) is 13.7. The summed E-state index contributed by atoms with van der Waals surface area (Å²) in [6, 6.07) is 0. The highest BCUT2D eigenvalue weighted by Crippen LogP contribution is 2.22. The molecule has 22 heavy (non-hydrogen) atoms. The number of likely N-dealkylation sites (tertiary alicyclic amines) is 1. The van der Waals surface area contributed by atoms with Crippen molar-refractivity contribution in [3.63, 3.8) is 0 Å². The Balaban J connectivity index is 1.93. The molecular formula is C15H21N3O3S. The first-order valence-corrected chi connectivity index (χ1v) is 8.38. The van der Waals surface area contributed by atoms with Crippen LogP contribution >= 0.6 is 11.3 Å². The Morgan fingerprint density at radius 2 is 2.23 bits per heavy atom. The van der Waals surface area contributed by atoms with Crippen LogP contribution in [-0.4, -0.2) is 40.6 Å². The maximum Gasteiger partial charge on any atom is 0.231 e. The van der Waals surface area contributed by atoms with Crippen LogP contribution in [0.25, 0.3) is 0 Å². The second-order valence-corrected chi connectivity index (χ2v) is 6.53. The van der Waals surface area contributed by atoms with E-state index in [0.29, 0.717) is 23.0 Å². The van der Waals surface area contributed by atoms with Crippen LogP contribution in [0.4, 0.5) is 5.13 Å². The predicted octanol–water partition coefficient (Wildman–Crippen LogP) is 2.32. The number of ketones is 1. The van der Waals surface area contributed by atoms with Gasteiger partial charge in [0.1, 0.15) is 0 Å². The highest BCUT2D eigenvalue weighted by molar-refractivity contribution is 7.17. The molecule has 0 radical (unpaired) electrons. The molecule has 6 nitrogen and oxygen atoms in total. The van der Waals surface area contributed by atoms with Gasteiger partial charge in [-0.15, -0.1) is 0 Å². The SMILES string of the molecule is CCCC(=O)N1CCC[C@H](C(=O)Nc2ncc(C(C)=O)s2)C1. The van der Waals surface area contributed by atoms with E-state index >= 15 is 0 Å². The first-order valence-electron chi connectivity index (χ1n) is 7.56. The van der Waals surface area contributed by atoms with E-state index in [1.807, 2.05) is 6.92 Å². The molecule has 0 saturated carbocycles. The lowest BCUT2D eigenvalue weighted by molar-refractivity contribution is -0.134. The lowest BCUT2D eigenvalue weighted by atomic mass is 9.97. The van der Waals surface area contributed by atoms with Crippen LogP contribution in [0, 0.1) is 5.92 Å². The molecule has 1 aromatic rings. The summed E-state index contributed by atoms with van der Waals surface area (Å²) in [5.74, 6) is -0.280. The van der Waals surface area contributed by atoms with E-state index in [4.69, 9.17) is 0 Å². The topological polar surface area (TPSA) is 79.4 Å². The summed E-state index contributed by atoms with van der Waals surface area (Å²) in [7, 11) is 0. The van der Waals surface area contributed by atoms with Crippen molar-refractivity contribution in [3.05, 3.63) is 11.1 Å². The monoisotopic (exact) mass is 323 g/mol. The summed E-state index contributed by atoms with van der Waals surface area (Å²) in [5.41, 5.74) is 0. The van der Waals surface area contributed by atoms with Gasteiger partial charge >= 0.3 is 0 Å². The van der Waals surface area contributed by atoms with Gasteiger partial charge in [0, 0.05) is 26.4 Å². The number of amides is 2. The van der Waals surface area contributed by atoms with Crippen molar-refractivity contribution in [1.29, 1.82) is 0 Å². The highest BCUT2D eigenvalue weighted by atomic mass is 32.1. The van der Waals surface area contributed by atoms with Gasteiger partial charge in [0.2, 0.25) is 11.8 Å². The second kappa shape index (κ2) is 7.49. The maximum atomic E-state index is 12.3. The van der Waals surface area contributed by atoms with Gasteiger partial charge in [-0.3, -0.25) is 14.4 Å². The average molecular weight is 323 g/mol. The molecular weight excluding hydrogens is 302 g/mol. The van der Waals surface area contributed by atoms with Crippen molar-refractivity contribution in [2.75, 3.05) is 18.4 Å². The van der Waals surface area contributed by atoms with Gasteiger partial charge in [0.05, 0.1) is 17.0 Å². The molecule has 2 heterocycles. The molecule has 1 saturated heterocycles. The smallest absolute Gasteiger partial charge is 0.231 e. The molecule has 0 unspecified atom stereocenters. The molecule has 0 bridgehead atoms. The third-order valence-corrected chi connectivity index (χ3v) is 4.71. The van der Waals surface area contributed by atoms with Crippen molar-refractivity contribution >= 4 is 34.1 Å². The molecule has 1 fully saturated rings. The van der Waals surface area contributed by atoms with E-state index < -0.39 is 0 Å². The lowest BCUT2D eigenvalue weighted by Crippen LogP contribution is -2.43. The normalized spacial score (nSPS) is 18.1. The molecule has 0 spiro atoms. The van der Waals surface area contributed by atoms with E-state index in [-0.39, 0.29) is 23.5 Å². The summed E-state index contributed by atoms with van der Waals surface area (Å²) in [6.45, 7) is 4.64. The van der Waals surface area contributed by atoms with Crippen molar-refractivity contribution in [3.8, 4) is 0 Å². The number of carbonyl (C=O) groups excluding carboxylic acids is 3. The largest absolute Gasteiger partial charge is 0.342 e. The Morgan fingerprint density at radius 1 is 1.45 bits per heavy atom. The summed E-state index contributed by atoms with van der Waals surface area (Å²) in [4.78, 5) is 41.8. The fourth-order valence-corrected chi connectivity index (χ4v) is 3.21. The van der Waals surface area contributed by atoms with Gasteiger partial charge in [0.15, 0.2) is 10.9 Å². The van der Waals surface area contributed by atoms with Crippen LogP contribution in [0.15, 0.2) is 6.20 Å². The minimum absolute atomic E-state index is 0.0630. The van der Waals surface area contributed by atoms with Gasteiger partial charge in [0.25, 0.3) is 0 Å². The van der Waals surface area contributed by atoms with Crippen molar-refractivity contribution in [1.82, 2.24) is 9.88 Å². The summed E-state index contributed by atoms with van der Waals surface area (Å²) >= 11 is 1.18.